The summed E-state index contributed by atoms with van der Waals surface area (Å²) in [5, 5.41) is 8.81. The number of aliphatic carboxylic acids is 1. The summed E-state index contributed by atoms with van der Waals surface area (Å²) in [6.45, 7) is 8.46. The van der Waals surface area contributed by atoms with Gasteiger partial charge in [0.25, 0.3) is 0 Å². The number of ether oxygens (including phenoxy) is 2. The van der Waals surface area contributed by atoms with Gasteiger partial charge in [-0.2, -0.15) is 0 Å². The fourth-order valence-corrected chi connectivity index (χ4v) is 1.62. The predicted molar refractivity (Wildman–Crippen MR) is 74.8 cm³/mol. The van der Waals surface area contributed by atoms with Gasteiger partial charge in [-0.3, -0.25) is 4.79 Å². The Hall–Kier alpha value is -1.34. The van der Waals surface area contributed by atoms with Crippen LogP contribution < -0.4 is 0 Å². The second-order valence-corrected chi connectivity index (χ2v) is 4.07. The Morgan fingerprint density at radius 2 is 1.45 bits per heavy atom. The van der Waals surface area contributed by atoms with Crippen LogP contribution in [0.3, 0.4) is 0 Å². The third-order valence-electron chi connectivity index (χ3n) is 2.67. The lowest BCUT2D eigenvalue weighted by Gasteiger charge is -2.29. The van der Waals surface area contributed by atoms with E-state index < -0.39 is 5.97 Å². The van der Waals surface area contributed by atoms with Crippen LogP contribution in [-0.4, -0.2) is 79.5 Å². The summed E-state index contributed by atoms with van der Waals surface area (Å²) in [7, 11) is 0. The highest BCUT2D eigenvalue weighted by Crippen LogP contribution is 2.00. The zero-order chi connectivity index (χ0) is 15.4. The van der Waals surface area contributed by atoms with Crippen LogP contribution in [0.2, 0.25) is 0 Å². The van der Waals surface area contributed by atoms with Gasteiger partial charge in [-0.1, -0.05) is 0 Å². The molecule has 1 N–H and O–H groups in total. The minimum atomic E-state index is -1.02. The Labute approximate surface area is 120 Å². The summed E-state index contributed by atoms with van der Waals surface area (Å²) >= 11 is 0. The maximum Gasteiger partial charge on any atom is 0.323 e. The van der Waals surface area contributed by atoms with Crippen molar-refractivity contribution in [2.24, 2.45) is 0 Å². The number of amides is 2. The molecular weight excluding hydrogens is 264 g/mol. The largest absolute Gasteiger partial charge is 0.480 e. The summed E-state index contributed by atoms with van der Waals surface area (Å²) in [4.78, 5) is 25.9. The fourth-order valence-electron chi connectivity index (χ4n) is 1.62. The monoisotopic (exact) mass is 290 g/mol. The van der Waals surface area contributed by atoms with Crippen molar-refractivity contribution in [2.45, 2.75) is 20.8 Å². The van der Waals surface area contributed by atoms with E-state index in [-0.39, 0.29) is 12.6 Å². The molecule has 0 aromatic rings. The van der Waals surface area contributed by atoms with E-state index in [0.29, 0.717) is 46.1 Å². The third kappa shape index (κ3) is 7.96. The molecular formula is C13H26N2O5. The molecule has 0 radical (unpaired) electrons. The number of hydrogen-bond donors (Lipinski definition) is 1. The number of likely N-dealkylation sites (N-methyl/N-ethyl adjacent to an activating group) is 1. The lowest BCUT2D eigenvalue weighted by molar-refractivity contribution is -0.137. The number of carboxylic acid groups (broad SMARTS) is 1. The summed E-state index contributed by atoms with van der Waals surface area (Å²) in [6, 6.07) is -0.297. The predicted octanol–water partition coefficient (Wildman–Crippen LogP) is 0.888. The number of hydrogen-bond acceptors (Lipinski definition) is 4. The first-order valence-electron chi connectivity index (χ1n) is 6.97. The zero-order valence-electron chi connectivity index (χ0n) is 12.6. The van der Waals surface area contributed by atoms with Crippen LogP contribution >= 0.6 is 0 Å². The molecule has 0 heterocycles. The summed E-state index contributed by atoms with van der Waals surface area (Å²) < 4.78 is 10.5. The minimum absolute atomic E-state index is 0.297. The zero-order valence-corrected chi connectivity index (χ0v) is 12.6. The average Bonchev–Trinajstić information content (AvgIpc) is 2.42. The lowest BCUT2D eigenvalue weighted by Crippen LogP contribution is -2.47. The normalized spacial score (nSPS) is 10.3. The van der Waals surface area contributed by atoms with Crippen molar-refractivity contribution in [1.82, 2.24) is 9.80 Å². The van der Waals surface area contributed by atoms with E-state index >= 15 is 0 Å². The second-order valence-electron chi connectivity index (χ2n) is 4.07. The number of rotatable bonds is 11. The van der Waals surface area contributed by atoms with Crippen molar-refractivity contribution in [3.05, 3.63) is 0 Å². The van der Waals surface area contributed by atoms with Gasteiger partial charge in [0.15, 0.2) is 0 Å². The van der Waals surface area contributed by atoms with Gasteiger partial charge in [-0.25, -0.2) is 4.79 Å². The van der Waals surface area contributed by atoms with Gasteiger partial charge < -0.3 is 24.4 Å². The van der Waals surface area contributed by atoms with Crippen LogP contribution in [0.1, 0.15) is 20.8 Å². The van der Waals surface area contributed by atoms with Crippen LogP contribution in [-0.2, 0) is 14.3 Å². The molecule has 0 bridgehead atoms. The molecule has 0 spiro atoms. The first-order chi connectivity index (χ1) is 9.56. The van der Waals surface area contributed by atoms with E-state index in [1.807, 2.05) is 13.8 Å². The standard InChI is InChI=1S/C13H26N2O5/c1-4-14(11-12(16)17)13(18)15(7-9-19-5-2)8-10-20-6-3/h4-11H2,1-3H3,(H,16,17). The van der Waals surface area contributed by atoms with Gasteiger partial charge in [-0.05, 0) is 20.8 Å². The van der Waals surface area contributed by atoms with E-state index in [1.165, 1.54) is 4.90 Å². The lowest BCUT2D eigenvalue weighted by atomic mass is 10.4. The highest BCUT2D eigenvalue weighted by molar-refractivity contribution is 5.80. The van der Waals surface area contributed by atoms with Crippen molar-refractivity contribution >= 4 is 12.0 Å². The van der Waals surface area contributed by atoms with Crippen molar-refractivity contribution in [2.75, 3.05) is 52.6 Å². The Kier molecular flexibility index (Phi) is 10.7. The van der Waals surface area contributed by atoms with Crippen molar-refractivity contribution < 1.29 is 24.2 Å². The van der Waals surface area contributed by atoms with Crippen LogP contribution in [0, 0.1) is 0 Å². The summed E-state index contributed by atoms with van der Waals surface area (Å²) in [5.41, 5.74) is 0. The molecule has 0 aromatic heterocycles. The van der Waals surface area contributed by atoms with Gasteiger partial charge in [0.05, 0.1) is 13.2 Å². The first kappa shape index (κ1) is 18.7. The van der Waals surface area contributed by atoms with Gasteiger partial charge >= 0.3 is 12.0 Å². The number of urea groups is 1. The van der Waals surface area contributed by atoms with Crippen molar-refractivity contribution in [3.63, 3.8) is 0 Å². The van der Waals surface area contributed by atoms with Crippen molar-refractivity contribution in [3.8, 4) is 0 Å². The fraction of sp³-hybridized carbons (Fsp3) is 0.846. The Morgan fingerprint density at radius 3 is 1.80 bits per heavy atom. The molecule has 2 amide bonds. The van der Waals surface area contributed by atoms with E-state index in [1.54, 1.807) is 11.8 Å². The highest BCUT2D eigenvalue weighted by Gasteiger charge is 2.21. The van der Waals surface area contributed by atoms with Crippen LogP contribution in [0.4, 0.5) is 4.79 Å². The number of carbonyl (C=O) groups is 2. The second kappa shape index (κ2) is 11.5. The third-order valence-corrected chi connectivity index (χ3v) is 2.67. The molecule has 118 valence electrons. The number of carboxylic acids is 1. The molecule has 0 atom stereocenters. The molecule has 0 aliphatic rings. The Bertz CT molecular complexity index is 276. The summed E-state index contributed by atoms with van der Waals surface area (Å²) in [6.07, 6.45) is 0. The van der Waals surface area contributed by atoms with Gasteiger partial charge in [0.2, 0.25) is 0 Å². The maximum atomic E-state index is 12.3. The maximum absolute atomic E-state index is 12.3. The van der Waals surface area contributed by atoms with Crippen LogP contribution in [0.15, 0.2) is 0 Å². The average molecular weight is 290 g/mol. The molecule has 7 nitrogen and oxygen atoms in total. The SMILES string of the molecule is CCOCCN(CCOCC)C(=O)N(CC)CC(=O)O. The van der Waals surface area contributed by atoms with E-state index in [2.05, 4.69) is 0 Å². The van der Waals surface area contributed by atoms with Crippen LogP contribution in [0.25, 0.3) is 0 Å². The number of nitrogens with zero attached hydrogens (tertiary/aromatic N) is 2. The van der Waals surface area contributed by atoms with Gasteiger partial charge in [-0.15, -0.1) is 0 Å². The topological polar surface area (TPSA) is 79.3 Å². The molecule has 0 unspecified atom stereocenters. The smallest absolute Gasteiger partial charge is 0.323 e. The van der Waals surface area contributed by atoms with Gasteiger partial charge in [0.1, 0.15) is 6.54 Å². The van der Waals surface area contributed by atoms with Gasteiger partial charge in [0, 0.05) is 32.8 Å². The van der Waals surface area contributed by atoms with E-state index in [4.69, 9.17) is 14.6 Å². The Balaban J connectivity index is 4.51. The van der Waals surface area contributed by atoms with Crippen LogP contribution in [0.5, 0.6) is 0 Å². The van der Waals surface area contributed by atoms with E-state index in [0.717, 1.165) is 0 Å². The van der Waals surface area contributed by atoms with Crippen molar-refractivity contribution in [1.29, 1.82) is 0 Å². The molecule has 20 heavy (non-hydrogen) atoms. The Morgan fingerprint density at radius 1 is 0.950 bits per heavy atom. The highest BCUT2D eigenvalue weighted by atomic mass is 16.5. The molecule has 0 fully saturated rings. The molecule has 0 aromatic carbocycles. The molecule has 0 rings (SSSR count). The first-order valence-corrected chi connectivity index (χ1v) is 6.97. The quantitative estimate of drug-likeness (QED) is 0.572. The molecule has 0 saturated heterocycles. The minimum Gasteiger partial charge on any atom is -0.480 e. The molecule has 0 aliphatic heterocycles. The summed E-state index contributed by atoms with van der Waals surface area (Å²) in [5.74, 6) is -1.02. The molecule has 0 aliphatic carbocycles. The molecule has 7 heteroatoms. The molecule has 0 saturated carbocycles. The van der Waals surface area contributed by atoms with E-state index in [9.17, 15) is 9.59 Å². The number of carbonyl (C=O) groups excluding carboxylic acids is 1.